The molecule has 0 saturated carbocycles. The van der Waals surface area contributed by atoms with Gasteiger partial charge in [0.05, 0.1) is 16.9 Å². The Morgan fingerprint density at radius 1 is 1.26 bits per heavy atom. The minimum atomic E-state index is -0.427. The lowest BCUT2D eigenvalue weighted by Gasteiger charge is -2.04. The van der Waals surface area contributed by atoms with Crippen molar-refractivity contribution in [2.75, 3.05) is 5.32 Å². The van der Waals surface area contributed by atoms with Gasteiger partial charge in [-0.05, 0) is 42.8 Å². The highest BCUT2D eigenvalue weighted by Crippen LogP contribution is 2.29. The molecule has 9 heteroatoms. The fourth-order valence-corrected chi connectivity index (χ4v) is 4.19. The number of thiazole rings is 1. The largest absolute Gasteiger partial charge is 0.464 e. The van der Waals surface area contributed by atoms with E-state index in [0.717, 1.165) is 16.1 Å². The molecule has 0 saturated heterocycles. The van der Waals surface area contributed by atoms with Gasteiger partial charge >= 0.3 is 0 Å². The van der Waals surface area contributed by atoms with E-state index in [-0.39, 0.29) is 11.6 Å². The van der Waals surface area contributed by atoms with Gasteiger partial charge in [0.15, 0.2) is 5.13 Å². The van der Waals surface area contributed by atoms with Crippen molar-refractivity contribution in [3.05, 3.63) is 97.2 Å². The number of aryl methyl sites for hydroxylation is 1. The molecule has 1 N–H and O–H groups in total. The van der Waals surface area contributed by atoms with E-state index in [1.165, 1.54) is 29.7 Å². The van der Waals surface area contributed by atoms with Gasteiger partial charge in [0, 0.05) is 39.6 Å². The first kappa shape index (κ1) is 20.8. The van der Waals surface area contributed by atoms with E-state index in [9.17, 15) is 14.9 Å². The third-order valence-electron chi connectivity index (χ3n) is 4.61. The average Bonchev–Trinajstić information content (AvgIpc) is 2.94. The number of nitrogens with one attached hydrogen (secondary N) is 1. The van der Waals surface area contributed by atoms with Crippen molar-refractivity contribution in [1.29, 1.82) is 0 Å². The molecule has 0 bridgehead atoms. The maximum Gasteiger partial charge on any atom is 0.269 e. The highest BCUT2D eigenvalue weighted by atomic mass is 35.5. The van der Waals surface area contributed by atoms with Crippen molar-refractivity contribution in [3.63, 3.8) is 0 Å². The van der Waals surface area contributed by atoms with Crippen molar-refractivity contribution in [2.24, 2.45) is 0 Å². The number of anilines is 1. The van der Waals surface area contributed by atoms with Crippen LogP contribution in [0.2, 0.25) is 5.02 Å². The van der Waals surface area contributed by atoms with Crippen LogP contribution >= 0.6 is 22.9 Å². The molecule has 1 aliphatic rings. The SMILES string of the molecule is Cc1nc(NC(=O)C2=Cc3cc(Cl)ccc3OC=C2)sc1Cc1ccc([N+](=O)[O-])cc1. The fraction of sp³-hybridized carbons (Fsp3) is 0.0909. The molecule has 0 aliphatic carbocycles. The Labute approximate surface area is 186 Å². The number of non-ortho nitro benzene ring substituents is 1. The molecule has 2 heterocycles. The summed E-state index contributed by atoms with van der Waals surface area (Å²) in [4.78, 5) is 28.6. The normalized spacial score (nSPS) is 12.4. The van der Waals surface area contributed by atoms with Crippen LogP contribution in [0.3, 0.4) is 0 Å². The number of nitro benzene ring substituents is 1. The molecule has 0 fully saturated rings. The molecule has 1 amide bonds. The summed E-state index contributed by atoms with van der Waals surface area (Å²) in [5, 5.41) is 14.7. The topological polar surface area (TPSA) is 94.4 Å². The van der Waals surface area contributed by atoms with Crippen LogP contribution in [0.25, 0.3) is 6.08 Å². The maximum atomic E-state index is 12.8. The van der Waals surface area contributed by atoms with E-state index < -0.39 is 4.92 Å². The number of aromatic nitrogens is 1. The third-order valence-corrected chi connectivity index (χ3v) is 5.92. The van der Waals surface area contributed by atoms with E-state index in [1.807, 2.05) is 6.92 Å². The summed E-state index contributed by atoms with van der Waals surface area (Å²) in [6.45, 7) is 1.86. The zero-order valence-electron chi connectivity index (χ0n) is 16.3. The van der Waals surface area contributed by atoms with Crippen LogP contribution in [-0.2, 0) is 11.2 Å². The first-order chi connectivity index (χ1) is 14.9. The van der Waals surface area contributed by atoms with Gasteiger partial charge in [-0.25, -0.2) is 4.98 Å². The molecular formula is C22H16ClN3O4S. The highest BCUT2D eigenvalue weighted by molar-refractivity contribution is 7.15. The minimum absolute atomic E-state index is 0.0503. The molecule has 7 nitrogen and oxygen atoms in total. The van der Waals surface area contributed by atoms with Gasteiger partial charge in [-0.3, -0.25) is 20.2 Å². The van der Waals surface area contributed by atoms with Crippen LogP contribution in [0, 0.1) is 17.0 Å². The Morgan fingerprint density at radius 3 is 2.77 bits per heavy atom. The first-order valence-electron chi connectivity index (χ1n) is 9.24. The molecule has 0 unspecified atom stereocenters. The predicted octanol–water partition coefficient (Wildman–Crippen LogP) is 5.53. The lowest BCUT2D eigenvalue weighted by Crippen LogP contribution is -2.12. The summed E-state index contributed by atoms with van der Waals surface area (Å²) in [7, 11) is 0. The number of hydrogen-bond acceptors (Lipinski definition) is 6. The number of halogens is 1. The summed E-state index contributed by atoms with van der Waals surface area (Å²) < 4.78 is 5.52. The first-order valence-corrected chi connectivity index (χ1v) is 10.4. The Kier molecular flexibility index (Phi) is 5.83. The summed E-state index contributed by atoms with van der Waals surface area (Å²) in [5.41, 5.74) is 2.89. The number of nitro groups is 1. The quantitative estimate of drug-likeness (QED) is 0.404. The number of carbonyl (C=O) groups excluding carboxylic acids is 1. The maximum absolute atomic E-state index is 12.8. The molecular weight excluding hydrogens is 438 g/mol. The molecule has 0 atom stereocenters. The number of hydrogen-bond donors (Lipinski definition) is 1. The van der Waals surface area contributed by atoms with Gasteiger partial charge in [-0.1, -0.05) is 23.7 Å². The van der Waals surface area contributed by atoms with Crippen molar-refractivity contribution in [2.45, 2.75) is 13.3 Å². The van der Waals surface area contributed by atoms with Gasteiger partial charge in [0.2, 0.25) is 0 Å². The van der Waals surface area contributed by atoms with E-state index >= 15 is 0 Å². The van der Waals surface area contributed by atoms with Crippen molar-refractivity contribution >= 4 is 45.7 Å². The predicted molar refractivity (Wildman–Crippen MR) is 121 cm³/mol. The molecule has 3 aromatic rings. The van der Waals surface area contributed by atoms with Crippen molar-refractivity contribution in [1.82, 2.24) is 4.98 Å². The van der Waals surface area contributed by atoms with Crippen LogP contribution in [-0.4, -0.2) is 15.8 Å². The minimum Gasteiger partial charge on any atom is -0.464 e. The molecule has 1 aliphatic heterocycles. The third kappa shape index (κ3) is 4.82. The Morgan fingerprint density at radius 2 is 2.03 bits per heavy atom. The number of nitrogens with zero attached hydrogens (tertiary/aromatic N) is 2. The van der Waals surface area contributed by atoms with Crippen LogP contribution in [0.5, 0.6) is 5.75 Å². The zero-order valence-corrected chi connectivity index (χ0v) is 17.9. The highest BCUT2D eigenvalue weighted by Gasteiger charge is 2.16. The molecule has 2 aromatic carbocycles. The van der Waals surface area contributed by atoms with Crippen LogP contribution in [0.15, 0.2) is 60.4 Å². The number of fused-ring (bicyclic) bond motifs is 1. The molecule has 31 heavy (non-hydrogen) atoms. The monoisotopic (exact) mass is 453 g/mol. The van der Waals surface area contributed by atoms with Gasteiger partial charge in [-0.15, -0.1) is 11.3 Å². The van der Waals surface area contributed by atoms with Crippen molar-refractivity contribution in [3.8, 4) is 5.75 Å². The second kappa shape index (κ2) is 8.71. The number of amides is 1. The standard InChI is InChI=1S/C22H16ClN3O4S/c1-13-20(10-14-2-5-18(6-3-14)26(28)29)31-22(24-13)25-21(27)15-8-9-30-19-7-4-17(23)12-16(19)11-15/h2-9,11-12H,10H2,1H3,(H,24,25,27). The summed E-state index contributed by atoms with van der Waals surface area (Å²) >= 11 is 7.42. The second-order valence-corrected chi connectivity index (χ2v) is 8.30. The molecule has 156 valence electrons. The van der Waals surface area contributed by atoms with Gasteiger partial charge < -0.3 is 4.74 Å². The summed E-state index contributed by atoms with van der Waals surface area (Å²) in [6, 6.07) is 11.6. The van der Waals surface area contributed by atoms with Crippen LogP contribution < -0.4 is 10.1 Å². The second-order valence-electron chi connectivity index (χ2n) is 6.78. The molecule has 4 rings (SSSR count). The van der Waals surface area contributed by atoms with Crippen LogP contribution in [0.4, 0.5) is 10.8 Å². The summed E-state index contributed by atoms with van der Waals surface area (Å²) in [5.74, 6) is 0.294. The Bertz CT molecular complexity index is 1230. The summed E-state index contributed by atoms with van der Waals surface area (Å²) in [6.07, 6.45) is 5.32. The van der Waals surface area contributed by atoms with E-state index in [4.69, 9.17) is 16.3 Å². The number of carbonyl (C=O) groups is 1. The van der Waals surface area contributed by atoms with Crippen molar-refractivity contribution < 1.29 is 14.5 Å². The van der Waals surface area contributed by atoms with Gasteiger partial charge in [-0.2, -0.15) is 0 Å². The number of ether oxygens (including phenoxy) is 1. The van der Waals surface area contributed by atoms with Gasteiger partial charge in [0.1, 0.15) is 5.75 Å². The number of rotatable bonds is 5. The van der Waals surface area contributed by atoms with E-state index in [2.05, 4.69) is 10.3 Å². The Balaban J connectivity index is 1.50. The lowest BCUT2D eigenvalue weighted by atomic mass is 10.1. The van der Waals surface area contributed by atoms with E-state index in [0.29, 0.717) is 33.5 Å². The zero-order chi connectivity index (χ0) is 22.0. The molecule has 1 aromatic heterocycles. The van der Waals surface area contributed by atoms with Crippen LogP contribution in [0.1, 0.15) is 21.7 Å². The molecule has 0 spiro atoms. The fourth-order valence-electron chi connectivity index (χ4n) is 3.01. The Hall–Kier alpha value is -3.49. The lowest BCUT2D eigenvalue weighted by molar-refractivity contribution is -0.384. The number of benzene rings is 2. The smallest absolute Gasteiger partial charge is 0.269 e. The average molecular weight is 454 g/mol. The molecule has 0 radical (unpaired) electrons. The van der Waals surface area contributed by atoms with Gasteiger partial charge in [0.25, 0.3) is 11.6 Å². The van der Waals surface area contributed by atoms with E-state index in [1.54, 1.807) is 42.5 Å².